The average Bonchev–Trinajstić information content (AvgIpc) is 2.87. The Morgan fingerprint density at radius 3 is 2.42 bits per heavy atom. The summed E-state index contributed by atoms with van der Waals surface area (Å²) in [5.74, 6) is 0.425. The van der Waals surface area contributed by atoms with Crippen LogP contribution in [0.15, 0.2) is 0 Å². The number of nitrogens with one attached hydrogen (secondary N) is 1. The number of methoxy groups -OCH3 is 1. The molecule has 4 nitrogen and oxygen atoms in total. The van der Waals surface area contributed by atoms with E-state index in [1.165, 1.54) is 20.0 Å². The Labute approximate surface area is 115 Å². The van der Waals surface area contributed by atoms with Crippen molar-refractivity contribution in [2.45, 2.75) is 63.8 Å². The summed E-state index contributed by atoms with van der Waals surface area (Å²) in [5.41, 5.74) is -0.0570. The van der Waals surface area contributed by atoms with Gasteiger partial charge in [-0.2, -0.15) is 0 Å². The van der Waals surface area contributed by atoms with E-state index in [9.17, 15) is 9.59 Å². The molecule has 2 fully saturated rings. The molecule has 19 heavy (non-hydrogen) atoms. The number of carbonyl (C=O) groups excluding carboxylic acids is 2. The summed E-state index contributed by atoms with van der Waals surface area (Å²) in [7, 11) is 1.46. The van der Waals surface area contributed by atoms with Crippen molar-refractivity contribution in [3.05, 3.63) is 0 Å². The molecule has 0 saturated heterocycles. The van der Waals surface area contributed by atoms with Crippen molar-refractivity contribution in [3.8, 4) is 0 Å². The van der Waals surface area contributed by atoms with Crippen molar-refractivity contribution < 1.29 is 14.3 Å². The SMILES string of the molecule is COC(=O)[C@@H]1CCC[C@H](C2(NC(C)=O)CCCC2)C1. The summed E-state index contributed by atoms with van der Waals surface area (Å²) in [5, 5.41) is 3.21. The highest BCUT2D eigenvalue weighted by Crippen LogP contribution is 2.44. The van der Waals surface area contributed by atoms with Gasteiger partial charge in [0, 0.05) is 12.5 Å². The minimum atomic E-state index is -0.0827. The predicted molar refractivity (Wildman–Crippen MR) is 72.5 cm³/mol. The lowest BCUT2D eigenvalue weighted by atomic mass is 9.70. The second kappa shape index (κ2) is 5.93. The van der Waals surface area contributed by atoms with Gasteiger partial charge in [-0.3, -0.25) is 9.59 Å². The van der Waals surface area contributed by atoms with Gasteiger partial charge in [0.25, 0.3) is 0 Å². The van der Waals surface area contributed by atoms with E-state index in [1.54, 1.807) is 6.92 Å². The third-order valence-corrected chi connectivity index (χ3v) is 4.91. The van der Waals surface area contributed by atoms with Crippen LogP contribution in [0, 0.1) is 11.8 Å². The molecule has 1 amide bonds. The summed E-state index contributed by atoms with van der Waals surface area (Å²) in [6, 6.07) is 0. The molecular weight excluding hydrogens is 242 g/mol. The third kappa shape index (κ3) is 3.10. The molecule has 0 heterocycles. The average molecular weight is 267 g/mol. The molecule has 0 bridgehead atoms. The monoisotopic (exact) mass is 267 g/mol. The molecule has 108 valence electrons. The van der Waals surface area contributed by atoms with E-state index in [4.69, 9.17) is 4.74 Å². The molecule has 2 atom stereocenters. The molecule has 2 rings (SSSR count). The fourth-order valence-electron chi connectivity index (χ4n) is 4.06. The highest BCUT2D eigenvalue weighted by Gasteiger charge is 2.44. The highest BCUT2D eigenvalue weighted by atomic mass is 16.5. The number of hydrogen-bond donors (Lipinski definition) is 1. The molecule has 4 heteroatoms. The van der Waals surface area contributed by atoms with Crippen LogP contribution in [0.3, 0.4) is 0 Å². The molecule has 0 aromatic rings. The van der Waals surface area contributed by atoms with E-state index in [0.29, 0.717) is 5.92 Å². The first-order valence-corrected chi connectivity index (χ1v) is 7.44. The number of amides is 1. The standard InChI is InChI=1S/C15H25NO3/c1-11(17)16-15(8-3-4-9-15)13-7-5-6-12(10-13)14(18)19-2/h12-13H,3-10H2,1-2H3,(H,16,17)/t12-,13+/m1/s1. The van der Waals surface area contributed by atoms with Gasteiger partial charge in [-0.1, -0.05) is 19.3 Å². The number of ether oxygens (including phenoxy) is 1. The van der Waals surface area contributed by atoms with Crippen LogP contribution in [0.25, 0.3) is 0 Å². The van der Waals surface area contributed by atoms with Crippen LogP contribution in [0.1, 0.15) is 58.3 Å². The summed E-state index contributed by atoms with van der Waals surface area (Å²) < 4.78 is 4.89. The van der Waals surface area contributed by atoms with E-state index in [0.717, 1.165) is 38.5 Å². The lowest BCUT2D eigenvalue weighted by molar-refractivity contribution is -0.147. The molecular formula is C15H25NO3. The van der Waals surface area contributed by atoms with Gasteiger partial charge in [0.1, 0.15) is 0 Å². The van der Waals surface area contributed by atoms with Crippen molar-refractivity contribution in [2.24, 2.45) is 11.8 Å². The molecule has 0 aromatic heterocycles. The van der Waals surface area contributed by atoms with E-state index in [-0.39, 0.29) is 23.3 Å². The Morgan fingerprint density at radius 2 is 1.84 bits per heavy atom. The molecule has 0 radical (unpaired) electrons. The maximum Gasteiger partial charge on any atom is 0.308 e. The molecule has 1 N–H and O–H groups in total. The maximum atomic E-state index is 11.7. The molecule has 2 saturated carbocycles. The Bertz CT molecular complexity index is 347. The van der Waals surface area contributed by atoms with E-state index in [2.05, 4.69) is 5.32 Å². The summed E-state index contributed by atoms with van der Waals surface area (Å²) in [6.07, 6.45) is 8.46. The Morgan fingerprint density at radius 1 is 1.16 bits per heavy atom. The summed E-state index contributed by atoms with van der Waals surface area (Å²) >= 11 is 0. The van der Waals surface area contributed by atoms with Gasteiger partial charge in [-0.15, -0.1) is 0 Å². The van der Waals surface area contributed by atoms with Gasteiger partial charge in [-0.25, -0.2) is 0 Å². The van der Waals surface area contributed by atoms with Crippen LogP contribution < -0.4 is 5.32 Å². The van der Waals surface area contributed by atoms with Gasteiger partial charge in [-0.05, 0) is 38.0 Å². The van der Waals surface area contributed by atoms with Crippen molar-refractivity contribution in [3.63, 3.8) is 0 Å². The number of hydrogen-bond acceptors (Lipinski definition) is 3. The van der Waals surface area contributed by atoms with Crippen LogP contribution >= 0.6 is 0 Å². The van der Waals surface area contributed by atoms with Gasteiger partial charge in [0.05, 0.1) is 13.0 Å². The van der Waals surface area contributed by atoms with E-state index in [1.807, 2.05) is 0 Å². The first-order valence-electron chi connectivity index (χ1n) is 7.44. The third-order valence-electron chi connectivity index (χ3n) is 4.91. The lowest BCUT2D eigenvalue weighted by Gasteiger charge is -2.42. The molecule has 0 aromatic carbocycles. The largest absolute Gasteiger partial charge is 0.469 e. The van der Waals surface area contributed by atoms with Crippen molar-refractivity contribution >= 4 is 11.9 Å². The molecule has 2 aliphatic carbocycles. The number of rotatable bonds is 3. The van der Waals surface area contributed by atoms with Gasteiger partial charge < -0.3 is 10.1 Å². The molecule has 0 spiro atoms. The highest BCUT2D eigenvalue weighted by molar-refractivity contribution is 5.74. The van der Waals surface area contributed by atoms with Crippen LogP contribution in [0.4, 0.5) is 0 Å². The first-order chi connectivity index (χ1) is 9.07. The summed E-state index contributed by atoms with van der Waals surface area (Å²) in [4.78, 5) is 23.3. The van der Waals surface area contributed by atoms with Gasteiger partial charge >= 0.3 is 5.97 Å². The smallest absolute Gasteiger partial charge is 0.308 e. The second-order valence-corrected chi connectivity index (χ2v) is 6.13. The predicted octanol–water partition coefficient (Wildman–Crippen LogP) is 2.41. The second-order valence-electron chi connectivity index (χ2n) is 6.13. The lowest BCUT2D eigenvalue weighted by Crippen LogP contribution is -2.52. The first kappa shape index (κ1) is 14.4. The quantitative estimate of drug-likeness (QED) is 0.799. The van der Waals surface area contributed by atoms with Crippen molar-refractivity contribution in [1.29, 1.82) is 0 Å². The Kier molecular flexibility index (Phi) is 4.48. The minimum absolute atomic E-state index is 0.0231. The molecule has 2 aliphatic rings. The van der Waals surface area contributed by atoms with Crippen LogP contribution in [0.5, 0.6) is 0 Å². The number of carbonyl (C=O) groups is 2. The molecule has 0 unspecified atom stereocenters. The topological polar surface area (TPSA) is 55.4 Å². The zero-order chi connectivity index (χ0) is 13.9. The fourth-order valence-corrected chi connectivity index (χ4v) is 4.06. The van der Waals surface area contributed by atoms with Crippen molar-refractivity contribution in [2.75, 3.05) is 7.11 Å². The van der Waals surface area contributed by atoms with Crippen molar-refractivity contribution in [1.82, 2.24) is 5.32 Å². The van der Waals surface area contributed by atoms with Gasteiger partial charge in [0.2, 0.25) is 5.91 Å². The Hall–Kier alpha value is -1.06. The summed E-state index contributed by atoms with van der Waals surface area (Å²) in [6.45, 7) is 1.60. The maximum absolute atomic E-state index is 11.7. The minimum Gasteiger partial charge on any atom is -0.469 e. The molecule has 0 aliphatic heterocycles. The number of esters is 1. The Balaban J connectivity index is 2.09. The normalized spacial score (nSPS) is 29.8. The van der Waals surface area contributed by atoms with Crippen LogP contribution in [-0.4, -0.2) is 24.5 Å². The fraction of sp³-hybridized carbons (Fsp3) is 0.867. The van der Waals surface area contributed by atoms with Gasteiger partial charge in [0.15, 0.2) is 0 Å². The van der Waals surface area contributed by atoms with Crippen LogP contribution in [0.2, 0.25) is 0 Å². The zero-order valence-electron chi connectivity index (χ0n) is 12.0. The van der Waals surface area contributed by atoms with E-state index < -0.39 is 0 Å². The van der Waals surface area contributed by atoms with E-state index >= 15 is 0 Å². The zero-order valence-corrected chi connectivity index (χ0v) is 12.0. The van der Waals surface area contributed by atoms with Crippen LogP contribution in [-0.2, 0) is 14.3 Å².